The number of aryl methyl sites for hydroxylation is 2. The van der Waals surface area contributed by atoms with Crippen molar-refractivity contribution < 1.29 is 4.42 Å². The molecule has 0 fully saturated rings. The molecule has 1 N–H and O–H groups in total. The first-order valence-corrected chi connectivity index (χ1v) is 5.14. The summed E-state index contributed by atoms with van der Waals surface area (Å²) in [6.07, 6.45) is 1.69. The van der Waals surface area contributed by atoms with Gasteiger partial charge in [0, 0.05) is 0 Å². The molecule has 2 aromatic heterocycles. The van der Waals surface area contributed by atoms with Gasteiger partial charge in [-0.2, -0.15) is 0 Å². The van der Waals surface area contributed by atoms with E-state index in [2.05, 4.69) is 15.5 Å². The molecule has 0 bridgehead atoms. The molecule has 0 unspecified atom stereocenters. The van der Waals surface area contributed by atoms with Crippen molar-refractivity contribution >= 4 is 16.5 Å². The Morgan fingerprint density at radius 2 is 2.29 bits per heavy atom. The lowest BCUT2D eigenvalue weighted by Gasteiger charge is -1.98. The van der Waals surface area contributed by atoms with Gasteiger partial charge in [0.1, 0.15) is 10.8 Å². The van der Waals surface area contributed by atoms with Gasteiger partial charge in [0.25, 0.3) is 0 Å². The lowest BCUT2D eigenvalue weighted by Crippen LogP contribution is -1.98. The predicted octanol–water partition coefficient (Wildman–Crippen LogP) is 2.36. The third-order valence-electron chi connectivity index (χ3n) is 1.89. The van der Waals surface area contributed by atoms with Crippen molar-refractivity contribution in [3.05, 3.63) is 28.7 Å². The Hall–Kier alpha value is -1.36. The molecule has 74 valence electrons. The summed E-state index contributed by atoms with van der Waals surface area (Å²) in [7, 11) is 0. The highest BCUT2D eigenvalue weighted by molar-refractivity contribution is 7.15. The number of furan rings is 1. The van der Waals surface area contributed by atoms with Crippen LogP contribution in [-0.2, 0) is 6.54 Å². The van der Waals surface area contributed by atoms with Gasteiger partial charge in [-0.1, -0.05) is 11.3 Å². The second-order valence-corrected chi connectivity index (χ2v) is 4.19. The highest BCUT2D eigenvalue weighted by Crippen LogP contribution is 2.16. The van der Waals surface area contributed by atoms with E-state index in [9.17, 15) is 0 Å². The summed E-state index contributed by atoms with van der Waals surface area (Å²) in [5, 5.41) is 12.8. The maximum atomic E-state index is 5.29. The van der Waals surface area contributed by atoms with Gasteiger partial charge < -0.3 is 9.73 Å². The van der Waals surface area contributed by atoms with E-state index in [-0.39, 0.29) is 0 Å². The van der Waals surface area contributed by atoms with Crippen molar-refractivity contribution in [1.29, 1.82) is 0 Å². The molecule has 4 nitrogen and oxygen atoms in total. The van der Waals surface area contributed by atoms with Gasteiger partial charge in [-0.25, -0.2) is 0 Å². The fourth-order valence-corrected chi connectivity index (χ4v) is 1.70. The summed E-state index contributed by atoms with van der Waals surface area (Å²) in [5.74, 6) is 0.942. The number of hydrogen-bond donors (Lipinski definition) is 1. The van der Waals surface area contributed by atoms with E-state index in [1.165, 1.54) is 0 Å². The Morgan fingerprint density at radius 3 is 2.86 bits per heavy atom. The van der Waals surface area contributed by atoms with Crippen molar-refractivity contribution in [2.75, 3.05) is 5.32 Å². The van der Waals surface area contributed by atoms with E-state index in [0.29, 0.717) is 6.54 Å². The molecule has 0 aromatic carbocycles. The minimum Gasteiger partial charge on any atom is -0.467 e. The van der Waals surface area contributed by atoms with Crippen molar-refractivity contribution in [3.63, 3.8) is 0 Å². The van der Waals surface area contributed by atoms with Gasteiger partial charge in [-0.05, 0) is 25.5 Å². The maximum absolute atomic E-state index is 5.29. The van der Waals surface area contributed by atoms with Gasteiger partial charge in [0.05, 0.1) is 12.8 Å². The van der Waals surface area contributed by atoms with E-state index >= 15 is 0 Å². The first kappa shape index (κ1) is 9.21. The molecule has 0 aliphatic carbocycles. The zero-order chi connectivity index (χ0) is 9.97. The van der Waals surface area contributed by atoms with Crippen molar-refractivity contribution in [1.82, 2.24) is 10.2 Å². The third-order valence-corrected chi connectivity index (χ3v) is 2.69. The molecule has 0 amide bonds. The molecule has 0 aliphatic heterocycles. The molecular weight excluding hydrogens is 198 g/mol. The second kappa shape index (κ2) is 3.79. The Kier molecular flexibility index (Phi) is 2.49. The standard InChI is InChI=1S/C9H11N3OS/c1-6-3-4-13-8(6)5-10-9-12-11-7(2)14-9/h3-4H,5H2,1-2H3,(H,10,12). The summed E-state index contributed by atoms with van der Waals surface area (Å²) in [6, 6.07) is 1.95. The quantitative estimate of drug-likeness (QED) is 0.843. The predicted molar refractivity (Wildman–Crippen MR) is 55.4 cm³/mol. The monoisotopic (exact) mass is 209 g/mol. The van der Waals surface area contributed by atoms with Crippen LogP contribution in [0.25, 0.3) is 0 Å². The molecule has 2 aromatic rings. The average Bonchev–Trinajstić information content (AvgIpc) is 2.72. The van der Waals surface area contributed by atoms with E-state index in [4.69, 9.17) is 4.42 Å². The fourth-order valence-electron chi connectivity index (χ4n) is 1.11. The number of rotatable bonds is 3. The van der Waals surface area contributed by atoms with E-state index < -0.39 is 0 Å². The van der Waals surface area contributed by atoms with Crippen molar-refractivity contribution in [2.45, 2.75) is 20.4 Å². The van der Waals surface area contributed by atoms with Crippen LogP contribution in [0.2, 0.25) is 0 Å². The summed E-state index contributed by atoms with van der Waals surface area (Å²) in [4.78, 5) is 0. The summed E-state index contributed by atoms with van der Waals surface area (Å²) >= 11 is 1.54. The second-order valence-electron chi connectivity index (χ2n) is 3.01. The van der Waals surface area contributed by atoms with Crippen LogP contribution < -0.4 is 5.32 Å². The molecule has 0 radical (unpaired) electrons. The Bertz CT molecular complexity index is 421. The number of nitrogens with zero attached hydrogens (tertiary/aromatic N) is 2. The minimum atomic E-state index is 0.660. The van der Waals surface area contributed by atoms with Crippen LogP contribution >= 0.6 is 11.3 Å². The fraction of sp³-hybridized carbons (Fsp3) is 0.333. The number of anilines is 1. The molecule has 14 heavy (non-hydrogen) atoms. The van der Waals surface area contributed by atoms with Crippen molar-refractivity contribution in [3.8, 4) is 0 Å². The van der Waals surface area contributed by atoms with Crippen LogP contribution in [0, 0.1) is 13.8 Å². The zero-order valence-electron chi connectivity index (χ0n) is 8.07. The van der Waals surface area contributed by atoms with Gasteiger partial charge >= 0.3 is 0 Å². The molecule has 0 aliphatic rings. The molecule has 2 heterocycles. The Labute approximate surface area is 86.0 Å². The molecular formula is C9H11N3OS. The number of nitrogens with one attached hydrogen (secondary N) is 1. The van der Waals surface area contributed by atoms with E-state index in [1.54, 1.807) is 17.6 Å². The van der Waals surface area contributed by atoms with Crippen LogP contribution in [0.1, 0.15) is 16.3 Å². The topological polar surface area (TPSA) is 51.0 Å². The number of hydrogen-bond acceptors (Lipinski definition) is 5. The summed E-state index contributed by atoms with van der Waals surface area (Å²) < 4.78 is 5.29. The smallest absolute Gasteiger partial charge is 0.206 e. The third kappa shape index (κ3) is 1.93. The lowest BCUT2D eigenvalue weighted by molar-refractivity contribution is 0.515. The first-order valence-electron chi connectivity index (χ1n) is 4.32. The SMILES string of the molecule is Cc1nnc(NCc2occc2C)s1. The largest absolute Gasteiger partial charge is 0.467 e. The zero-order valence-corrected chi connectivity index (χ0v) is 8.89. The molecule has 0 saturated carbocycles. The van der Waals surface area contributed by atoms with Crippen LogP contribution in [0.3, 0.4) is 0 Å². The van der Waals surface area contributed by atoms with Gasteiger partial charge in [-0.15, -0.1) is 10.2 Å². The molecule has 2 rings (SSSR count). The van der Waals surface area contributed by atoms with E-state index in [1.807, 2.05) is 19.9 Å². The van der Waals surface area contributed by atoms with Gasteiger partial charge in [0.2, 0.25) is 5.13 Å². The highest BCUT2D eigenvalue weighted by atomic mass is 32.1. The maximum Gasteiger partial charge on any atom is 0.206 e. The van der Waals surface area contributed by atoms with Crippen LogP contribution in [0.5, 0.6) is 0 Å². The molecule has 0 spiro atoms. The minimum absolute atomic E-state index is 0.660. The van der Waals surface area contributed by atoms with Crippen LogP contribution in [0.4, 0.5) is 5.13 Å². The van der Waals surface area contributed by atoms with Gasteiger partial charge in [-0.3, -0.25) is 0 Å². The van der Waals surface area contributed by atoms with E-state index in [0.717, 1.165) is 21.5 Å². The summed E-state index contributed by atoms with van der Waals surface area (Å²) in [6.45, 7) is 4.61. The Balaban J connectivity index is 1.98. The number of aromatic nitrogens is 2. The summed E-state index contributed by atoms with van der Waals surface area (Å²) in [5.41, 5.74) is 1.15. The average molecular weight is 209 g/mol. The highest BCUT2D eigenvalue weighted by Gasteiger charge is 2.03. The normalized spacial score (nSPS) is 10.4. The van der Waals surface area contributed by atoms with Crippen LogP contribution in [0.15, 0.2) is 16.7 Å². The van der Waals surface area contributed by atoms with Crippen molar-refractivity contribution in [2.24, 2.45) is 0 Å². The lowest BCUT2D eigenvalue weighted by atomic mass is 10.3. The molecule has 0 saturated heterocycles. The molecule has 0 atom stereocenters. The first-order chi connectivity index (χ1) is 6.75. The Morgan fingerprint density at radius 1 is 1.43 bits per heavy atom. The van der Waals surface area contributed by atoms with Crippen LogP contribution in [-0.4, -0.2) is 10.2 Å². The molecule has 5 heteroatoms. The van der Waals surface area contributed by atoms with Gasteiger partial charge in [0.15, 0.2) is 0 Å².